The Balaban J connectivity index is 2.17. The number of ether oxygens (including phenoxy) is 2. The average Bonchev–Trinajstić information content (AvgIpc) is 2.58. The van der Waals surface area contributed by atoms with Gasteiger partial charge in [0.25, 0.3) is 0 Å². The molecule has 6 heteroatoms. The molecule has 0 amide bonds. The first-order chi connectivity index (χ1) is 11.6. The van der Waals surface area contributed by atoms with E-state index in [4.69, 9.17) is 19.6 Å². The van der Waals surface area contributed by atoms with Gasteiger partial charge in [-0.05, 0) is 29.0 Å². The molecule has 0 aliphatic rings. The molecule has 2 aromatic carbocycles. The Hall–Kier alpha value is -2.86. The van der Waals surface area contributed by atoms with Gasteiger partial charge in [-0.3, -0.25) is 4.79 Å². The molecule has 124 valence electrons. The Morgan fingerprint density at radius 2 is 2.00 bits per heavy atom. The third kappa shape index (κ3) is 3.09. The highest BCUT2D eigenvalue weighted by molar-refractivity contribution is 6.07. The summed E-state index contributed by atoms with van der Waals surface area (Å²) in [6, 6.07) is 10.6. The van der Waals surface area contributed by atoms with E-state index in [2.05, 4.69) is 0 Å². The lowest BCUT2D eigenvalue weighted by Crippen LogP contribution is -2.12. The van der Waals surface area contributed by atoms with Crippen LogP contribution in [-0.2, 0) is 16.1 Å². The summed E-state index contributed by atoms with van der Waals surface area (Å²) in [5.74, 6) is 0.281. The van der Waals surface area contributed by atoms with E-state index in [0.29, 0.717) is 16.9 Å². The maximum absolute atomic E-state index is 11.8. The standard InChI is InChI=1S/C18H17NO5/c1-22-13-4-2-11-3-5-15-18(14(11)9-13)12(8-17(21)24-15)10-23-16(20)6-7-19/h2-5,8-9H,6-7,10,19H2,1H3. The summed E-state index contributed by atoms with van der Waals surface area (Å²) in [5, 5.41) is 2.55. The molecule has 0 radical (unpaired) electrons. The molecule has 0 atom stereocenters. The predicted octanol–water partition coefficient (Wildman–Crippen LogP) is 2.35. The largest absolute Gasteiger partial charge is 0.497 e. The molecule has 1 heterocycles. The van der Waals surface area contributed by atoms with Crippen molar-refractivity contribution in [3.63, 3.8) is 0 Å². The van der Waals surface area contributed by atoms with Crippen LogP contribution in [-0.4, -0.2) is 19.6 Å². The molecule has 0 bridgehead atoms. The molecular formula is C18H17NO5. The van der Waals surface area contributed by atoms with Crippen molar-refractivity contribution in [2.75, 3.05) is 13.7 Å². The second kappa shape index (κ2) is 6.72. The molecule has 0 aliphatic carbocycles. The number of methoxy groups -OCH3 is 1. The molecule has 3 rings (SSSR count). The Bertz CT molecular complexity index is 961. The Labute approximate surface area is 137 Å². The molecule has 1 aromatic heterocycles. The lowest BCUT2D eigenvalue weighted by Gasteiger charge is -2.10. The predicted molar refractivity (Wildman–Crippen MR) is 90.0 cm³/mol. The molecule has 0 spiro atoms. The van der Waals surface area contributed by atoms with E-state index >= 15 is 0 Å². The fourth-order valence-corrected chi connectivity index (χ4v) is 2.64. The topological polar surface area (TPSA) is 91.8 Å². The lowest BCUT2D eigenvalue weighted by molar-refractivity contribution is -0.144. The van der Waals surface area contributed by atoms with Crippen molar-refractivity contribution in [2.45, 2.75) is 13.0 Å². The number of carbonyl (C=O) groups excluding carboxylic acids is 1. The van der Waals surface area contributed by atoms with Crippen LogP contribution >= 0.6 is 0 Å². The van der Waals surface area contributed by atoms with Crippen molar-refractivity contribution in [2.24, 2.45) is 5.73 Å². The molecule has 0 unspecified atom stereocenters. The van der Waals surface area contributed by atoms with Gasteiger partial charge in [-0.2, -0.15) is 0 Å². The van der Waals surface area contributed by atoms with E-state index in [1.807, 2.05) is 24.3 Å². The van der Waals surface area contributed by atoms with Gasteiger partial charge in [0.05, 0.1) is 13.5 Å². The zero-order valence-electron chi connectivity index (χ0n) is 13.2. The van der Waals surface area contributed by atoms with Crippen LogP contribution in [0.5, 0.6) is 5.75 Å². The number of rotatable bonds is 5. The normalized spacial score (nSPS) is 10.9. The highest BCUT2D eigenvalue weighted by atomic mass is 16.5. The van der Waals surface area contributed by atoms with E-state index in [9.17, 15) is 9.59 Å². The van der Waals surface area contributed by atoms with Crippen LogP contribution in [0.25, 0.3) is 21.7 Å². The summed E-state index contributed by atoms with van der Waals surface area (Å²) in [4.78, 5) is 23.4. The first-order valence-corrected chi connectivity index (χ1v) is 7.51. The van der Waals surface area contributed by atoms with Gasteiger partial charge in [0.2, 0.25) is 0 Å². The van der Waals surface area contributed by atoms with E-state index in [0.717, 1.165) is 16.2 Å². The maximum atomic E-state index is 11.8. The zero-order chi connectivity index (χ0) is 17.1. The Morgan fingerprint density at radius 3 is 2.75 bits per heavy atom. The Kier molecular flexibility index (Phi) is 4.48. The number of nitrogens with two attached hydrogens (primary N) is 1. The fourth-order valence-electron chi connectivity index (χ4n) is 2.64. The molecule has 0 fully saturated rings. The van der Waals surface area contributed by atoms with E-state index in [1.54, 1.807) is 13.2 Å². The highest BCUT2D eigenvalue weighted by Gasteiger charge is 2.12. The summed E-state index contributed by atoms with van der Waals surface area (Å²) in [7, 11) is 1.59. The summed E-state index contributed by atoms with van der Waals surface area (Å²) in [5.41, 5.74) is 5.88. The minimum absolute atomic E-state index is 0.0166. The first kappa shape index (κ1) is 16.0. The van der Waals surface area contributed by atoms with Gasteiger partial charge >= 0.3 is 11.6 Å². The summed E-state index contributed by atoms with van der Waals surface area (Å²) in [6.45, 7) is 0.202. The molecule has 3 aromatic rings. The maximum Gasteiger partial charge on any atom is 0.336 e. The fraction of sp³-hybridized carbons (Fsp3) is 0.222. The van der Waals surface area contributed by atoms with Crippen LogP contribution in [0.4, 0.5) is 0 Å². The number of hydrogen-bond donors (Lipinski definition) is 1. The second-order valence-electron chi connectivity index (χ2n) is 5.32. The van der Waals surface area contributed by atoms with Crippen molar-refractivity contribution >= 4 is 27.7 Å². The van der Waals surface area contributed by atoms with E-state index < -0.39 is 11.6 Å². The zero-order valence-corrected chi connectivity index (χ0v) is 13.2. The van der Waals surface area contributed by atoms with Gasteiger partial charge in [-0.25, -0.2) is 4.79 Å². The summed E-state index contributed by atoms with van der Waals surface area (Å²) < 4.78 is 15.8. The van der Waals surface area contributed by atoms with Gasteiger partial charge < -0.3 is 19.6 Å². The van der Waals surface area contributed by atoms with E-state index in [1.165, 1.54) is 6.07 Å². The number of benzene rings is 2. The Morgan fingerprint density at radius 1 is 1.21 bits per heavy atom. The monoisotopic (exact) mass is 327 g/mol. The van der Waals surface area contributed by atoms with Gasteiger partial charge in [-0.15, -0.1) is 0 Å². The van der Waals surface area contributed by atoms with Crippen LogP contribution in [0, 0.1) is 0 Å². The number of fused-ring (bicyclic) bond motifs is 3. The SMILES string of the molecule is COc1ccc2ccc3oc(=O)cc(COC(=O)CCN)c3c2c1. The van der Waals surface area contributed by atoms with Crippen LogP contribution in [0.1, 0.15) is 12.0 Å². The van der Waals surface area contributed by atoms with Crippen LogP contribution in [0.3, 0.4) is 0 Å². The summed E-state index contributed by atoms with van der Waals surface area (Å²) in [6.07, 6.45) is 0.133. The van der Waals surface area contributed by atoms with Crippen LogP contribution < -0.4 is 16.1 Å². The van der Waals surface area contributed by atoms with Gasteiger partial charge in [0, 0.05) is 23.6 Å². The van der Waals surface area contributed by atoms with E-state index in [-0.39, 0.29) is 19.6 Å². The third-order valence-corrected chi connectivity index (χ3v) is 3.75. The molecule has 24 heavy (non-hydrogen) atoms. The second-order valence-corrected chi connectivity index (χ2v) is 5.32. The minimum Gasteiger partial charge on any atom is -0.497 e. The minimum atomic E-state index is -0.491. The summed E-state index contributed by atoms with van der Waals surface area (Å²) >= 11 is 0. The molecule has 0 saturated heterocycles. The molecule has 0 saturated carbocycles. The third-order valence-electron chi connectivity index (χ3n) is 3.75. The first-order valence-electron chi connectivity index (χ1n) is 7.51. The molecule has 2 N–H and O–H groups in total. The number of carbonyl (C=O) groups is 1. The molecule has 6 nitrogen and oxygen atoms in total. The molecule has 0 aliphatic heterocycles. The number of esters is 1. The van der Waals surface area contributed by atoms with Crippen molar-refractivity contribution in [1.82, 2.24) is 0 Å². The lowest BCUT2D eigenvalue weighted by atomic mass is 10.0. The quantitative estimate of drug-likeness (QED) is 0.439. The molecular weight excluding hydrogens is 310 g/mol. The van der Waals surface area contributed by atoms with Crippen molar-refractivity contribution in [3.05, 3.63) is 52.4 Å². The van der Waals surface area contributed by atoms with Crippen molar-refractivity contribution in [3.8, 4) is 5.75 Å². The van der Waals surface area contributed by atoms with Crippen molar-refractivity contribution in [1.29, 1.82) is 0 Å². The van der Waals surface area contributed by atoms with Crippen molar-refractivity contribution < 1.29 is 18.7 Å². The highest BCUT2D eigenvalue weighted by Crippen LogP contribution is 2.30. The van der Waals surface area contributed by atoms with Crippen LogP contribution in [0.15, 0.2) is 45.6 Å². The van der Waals surface area contributed by atoms with Gasteiger partial charge in [0.15, 0.2) is 0 Å². The smallest absolute Gasteiger partial charge is 0.336 e. The van der Waals surface area contributed by atoms with Gasteiger partial charge in [-0.1, -0.05) is 12.1 Å². The average molecular weight is 327 g/mol. The van der Waals surface area contributed by atoms with Gasteiger partial charge in [0.1, 0.15) is 17.9 Å². The van der Waals surface area contributed by atoms with Crippen LogP contribution in [0.2, 0.25) is 0 Å². The number of hydrogen-bond acceptors (Lipinski definition) is 6.